The maximum absolute atomic E-state index is 6.17. The van der Waals surface area contributed by atoms with Gasteiger partial charge in [-0.25, -0.2) is 4.98 Å². The van der Waals surface area contributed by atoms with Gasteiger partial charge in [0.1, 0.15) is 5.82 Å². The Hall–Kier alpha value is -0.910. The number of rotatable bonds is 6. The van der Waals surface area contributed by atoms with Crippen molar-refractivity contribution in [2.75, 3.05) is 26.4 Å². The van der Waals surface area contributed by atoms with Crippen molar-refractivity contribution in [2.45, 2.75) is 38.3 Å². The second kappa shape index (κ2) is 6.50. The fraction of sp³-hybridized carbons (Fsp3) is 0.786. The standard InChI is InChI=1S/C14H25N3O2/c1-4-15-12(13-16-8-9-17(13)3)14(19-5-2)6-10-18-11-7-14/h8-9,12,15H,4-7,10-11H2,1-3H3. The third-order valence-electron chi connectivity index (χ3n) is 3.82. The largest absolute Gasteiger partial charge is 0.381 e. The second-order valence-electron chi connectivity index (χ2n) is 5.00. The molecule has 1 aliphatic rings. The van der Waals surface area contributed by atoms with Gasteiger partial charge in [0.15, 0.2) is 0 Å². The molecule has 0 saturated carbocycles. The van der Waals surface area contributed by atoms with Gasteiger partial charge in [-0.1, -0.05) is 6.92 Å². The lowest BCUT2D eigenvalue weighted by molar-refractivity contribution is -0.129. The molecule has 0 spiro atoms. The van der Waals surface area contributed by atoms with Crippen LogP contribution in [0, 0.1) is 0 Å². The monoisotopic (exact) mass is 267 g/mol. The van der Waals surface area contributed by atoms with Crippen LogP contribution in [0.1, 0.15) is 38.6 Å². The average molecular weight is 267 g/mol. The summed E-state index contributed by atoms with van der Waals surface area (Å²) < 4.78 is 13.8. The van der Waals surface area contributed by atoms with Gasteiger partial charge >= 0.3 is 0 Å². The second-order valence-corrected chi connectivity index (χ2v) is 5.00. The first-order chi connectivity index (χ1) is 9.23. The van der Waals surface area contributed by atoms with E-state index in [1.807, 2.05) is 19.4 Å². The predicted octanol–water partition coefficient (Wildman–Crippen LogP) is 1.66. The molecule has 2 heterocycles. The summed E-state index contributed by atoms with van der Waals surface area (Å²) >= 11 is 0. The van der Waals surface area contributed by atoms with Crippen LogP contribution in [0.2, 0.25) is 0 Å². The van der Waals surface area contributed by atoms with E-state index >= 15 is 0 Å². The van der Waals surface area contributed by atoms with Crippen molar-refractivity contribution in [3.8, 4) is 0 Å². The van der Waals surface area contributed by atoms with Crippen molar-refractivity contribution in [3.63, 3.8) is 0 Å². The summed E-state index contributed by atoms with van der Waals surface area (Å²) in [6.45, 7) is 7.30. The molecule has 2 rings (SSSR count). The summed E-state index contributed by atoms with van der Waals surface area (Å²) in [4.78, 5) is 4.52. The molecular weight excluding hydrogens is 242 g/mol. The van der Waals surface area contributed by atoms with Crippen LogP contribution in [-0.2, 0) is 16.5 Å². The van der Waals surface area contributed by atoms with Gasteiger partial charge in [0.25, 0.3) is 0 Å². The average Bonchev–Trinajstić information content (AvgIpc) is 2.83. The summed E-state index contributed by atoms with van der Waals surface area (Å²) in [5, 5.41) is 3.56. The van der Waals surface area contributed by atoms with Crippen molar-refractivity contribution >= 4 is 0 Å². The molecule has 1 atom stereocenters. The first-order valence-corrected chi connectivity index (χ1v) is 7.16. The van der Waals surface area contributed by atoms with Crippen LogP contribution in [0.25, 0.3) is 0 Å². The number of aryl methyl sites for hydroxylation is 1. The normalized spacial score (nSPS) is 20.4. The van der Waals surface area contributed by atoms with Crippen molar-refractivity contribution < 1.29 is 9.47 Å². The molecule has 1 aromatic rings. The zero-order valence-corrected chi connectivity index (χ0v) is 12.2. The van der Waals surface area contributed by atoms with Crippen molar-refractivity contribution in [1.29, 1.82) is 0 Å². The van der Waals surface area contributed by atoms with E-state index in [2.05, 4.69) is 28.7 Å². The van der Waals surface area contributed by atoms with E-state index in [9.17, 15) is 0 Å². The molecule has 108 valence electrons. The van der Waals surface area contributed by atoms with Crippen LogP contribution < -0.4 is 5.32 Å². The minimum Gasteiger partial charge on any atom is -0.381 e. The molecule has 5 nitrogen and oxygen atoms in total. The topological polar surface area (TPSA) is 48.3 Å². The fourth-order valence-corrected chi connectivity index (χ4v) is 2.89. The Balaban J connectivity index is 2.31. The Bertz CT molecular complexity index is 380. The first-order valence-electron chi connectivity index (χ1n) is 7.16. The highest BCUT2D eigenvalue weighted by Crippen LogP contribution is 2.37. The molecule has 0 aromatic carbocycles. The zero-order valence-electron chi connectivity index (χ0n) is 12.2. The molecule has 0 radical (unpaired) electrons. The third-order valence-corrected chi connectivity index (χ3v) is 3.82. The highest BCUT2D eigenvalue weighted by atomic mass is 16.5. The lowest BCUT2D eigenvalue weighted by Crippen LogP contribution is -2.50. The Kier molecular flexibility index (Phi) is 4.96. The molecule has 5 heteroatoms. The Labute approximate surface area is 115 Å². The Morgan fingerprint density at radius 2 is 2.21 bits per heavy atom. The predicted molar refractivity (Wildman–Crippen MR) is 74.0 cm³/mol. The Morgan fingerprint density at radius 1 is 1.47 bits per heavy atom. The maximum atomic E-state index is 6.17. The third kappa shape index (κ3) is 2.99. The van der Waals surface area contributed by atoms with E-state index in [-0.39, 0.29) is 11.6 Å². The number of hydrogen-bond acceptors (Lipinski definition) is 4. The van der Waals surface area contributed by atoms with Crippen molar-refractivity contribution in [2.24, 2.45) is 7.05 Å². The number of nitrogens with one attached hydrogen (secondary N) is 1. The van der Waals surface area contributed by atoms with Crippen LogP contribution in [0.3, 0.4) is 0 Å². The van der Waals surface area contributed by atoms with Crippen LogP contribution in [0.15, 0.2) is 12.4 Å². The number of nitrogens with zero attached hydrogens (tertiary/aromatic N) is 2. The van der Waals surface area contributed by atoms with Crippen LogP contribution in [0.4, 0.5) is 0 Å². The summed E-state index contributed by atoms with van der Waals surface area (Å²) in [5.74, 6) is 1.04. The molecule has 1 unspecified atom stereocenters. The molecule has 1 aromatic heterocycles. The molecule has 0 bridgehead atoms. The maximum Gasteiger partial charge on any atom is 0.128 e. The molecule has 1 fully saturated rings. The van der Waals surface area contributed by atoms with Gasteiger partial charge in [0.2, 0.25) is 0 Å². The van der Waals surface area contributed by atoms with Crippen molar-refractivity contribution in [3.05, 3.63) is 18.2 Å². The summed E-state index contributed by atoms with van der Waals surface area (Å²) in [7, 11) is 2.03. The number of likely N-dealkylation sites (N-methyl/N-ethyl adjacent to an activating group) is 1. The van der Waals surface area contributed by atoms with E-state index < -0.39 is 0 Å². The van der Waals surface area contributed by atoms with E-state index in [4.69, 9.17) is 9.47 Å². The van der Waals surface area contributed by atoms with E-state index in [1.165, 1.54) is 0 Å². The quantitative estimate of drug-likeness (QED) is 0.851. The summed E-state index contributed by atoms with van der Waals surface area (Å²) in [5.41, 5.74) is -0.206. The summed E-state index contributed by atoms with van der Waals surface area (Å²) in [6.07, 6.45) is 5.65. The number of aromatic nitrogens is 2. The molecule has 0 aliphatic carbocycles. The SMILES string of the molecule is CCNC(c1nccn1C)C1(OCC)CCOCC1. The molecule has 1 aliphatic heterocycles. The van der Waals surface area contributed by atoms with Crippen LogP contribution >= 0.6 is 0 Å². The van der Waals surface area contributed by atoms with Gasteiger partial charge in [-0.15, -0.1) is 0 Å². The highest BCUT2D eigenvalue weighted by molar-refractivity contribution is 5.08. The smallest absolute Gasteiger partial charge is 0.128 e. The van der Waals surface area contributed by atoms with Gasteiger partial charge in [-0.2, -0.15) is 0 Å². The lowest BCUT2D eigenvalue weighted by Gasteiger charge is -2.43. The molecule has 1 N–H and O–H groups in total. The first kappa shape index (κ1) is 14.5. The number of imidazole rings is 1. The van der Waals surface area contributed by atoms with Gasteiger partial charge in [-0.3, -0.25) is 0 Å². The Morgan fingerprint density at radius 3 is 2.74 bits per heavy atom. The fourth-order valence-electron chi connectivity index (χ4n) is 2.89. The zero-order chi connectivity index (χ0) is 13.7. The minimum absolute atomic E-state index is 0.112. The van der Waals surface area contributed by atoms with Crippen LogP contribution in [0.5, 0.6) is 0 Å². The van der Waals surface area contributed by atoms with Gasteiger partial charge in [-0.05, 0) is 13.5 Å². The summed E-state index contributed by atoms with van der Waals surface area (Å²) in [6, 6.07) is 0.112. The molecule has 19 heavy (non-hydrogen) atoms. The number of ether oxygens (including phenoxy) is 2. The van der Waals surface area contributed by atoms with E-state index in [0.717, 1.165) is 38.4 Å². The van der Waals surface area contributed by atoms with E-state index in [0.29, 0.717) is 6.61 Å². The minimum atomic E-state index is -0.206. The van der Waals surface area contributed by atoms with Crippen LogP contribution in [-0.4, -0.2) is 41.5 Å². The van der Waals surface area contributed by atoms with Crippen molar-refractivity contribution in [1.82, 2.24) is 14.9 Å². The highest BCUT2D eigenvalue weighted by Gasteiger charge is 2.43. The van der Waals surface area contributed by atoms with Gasteiger partial charge in [0.05, 0.1) is 11.6 Å². The lowest BCUT2D eigenvalue weighted by atomic mass is 9.85. The number of hydrogen-bond donors (Lipinski definition) is 1. The molecule has 1 saturated heterocycles. The molecule has 0 amide bonds. The van der Waals surface area contributed by atoms with Gasteiger partial charge < -0.3 is 19.4 Å². The van der Waals surface area contributed by atoms with E-state index in [1.54, 1.807) is 0 Å². The molecular formula is C14H25N3O2. The van der Waals surface area contributed by atoms with Gasteiger partial charge in [0, 0.05) is 52.1 Å².